The quantitative estimate of drug-likeness (QED) is 0.539. The molecular weight excluding hydrogens is 480 g/mol. The highest BCUT2D eigenvalue weighted by atomic mass is 79.9. The van der Waals surface area contributed by atoms with Crippen LogP contribution in [0.1, 0.15) is 38.0 Å². The molecule has 1 aromatic heterocycles. The number of pyridine rings is 1. The van der Waals surface area contributed by atoms with Crippen LogP contribution in [0.5, 0.6) is 0 Å². The monoisotopic (exact) mass is 493 g/mol. The molecule has 0 radical (unpaired) electrons. The summed E-state index contributed by atoms with van der Waals surface area (Å²) in [5.74, 6) is -2.21. The van der Waals surface area contributed by atoms with Gasteiger partial charge in [0.1, 0.15) is 11.6 Å². The van der Waals surface area contributed by atoms with Gasteiger partial charge in [0.25, 0.3) is 11.8 Å². The van der Waals surface area contributed by atoms with Crippen LogP contribution in [0.2, 0.25) is 0 Å². The fourth-order valence-electron chi connectivity index (χ4n) is 3.34. The molecule has 0 saturated carbocycles. The summed E-state index contributed by atoms with van der Waals surface area (Å²) in [6, 6.07) is 10.7. The van der Waals surface area contributed by atoms with Crippen molar-refractivity contribution < 1.29 is 18.4 Å². The predicted octanol–water partition coefficient (Wildman–Crippen LogP) is 4.59. The van der Waals surface area contributed by atoms with Crippen molar-refractivity contribution >= 4 is 45.8 Å². The van der Waals surface area contributed by atoms with Gasteiger partial charge in [0.15, 0.2) is 0 Å². The van der Waals surface area contributed by atoms with E-state index in [9.17, 15) is 18.4 Å². The molecule has 4 rings (SSSR count). The number of nitrogens with two attached hydrogens (primary N) is 1. The van der Waals surface area contributed by atoms with Crippen molar-refractivity contribution in [2.75, 3.05) is 4.90 Å². The molecule has 0 fully saturated rings. The lowest BCUT2D eigenvalue weighted by Crippen LogP contribution is -2.29. The molecule has 0 bridgehead atoms. The third-order valence-electron chi connectivity index (χ3n) is 4.64. The molecule has 1 aliphatic heterocycles. The highest BCUT2D eigenvalue weighted by molar-refractivity contribution is 9.10. The van der Waals surface area contributed by atoms with Gasteiger partial charge in [-0.1, -0.05) is 12.1 Å². The van der Waals surface area contributed by atoms with Crippen molar-refractivity contribution in [3.63, 3.8) is 0 Å². The van der Waals surface area contributed by atoms with Gasteiger partial charge in [0.2, 0.25) is 0 Å². The second kappa shape index (κ2) is 8.59. The van der Waals surface area contributed by atoms with Crippen molar-refractivity contribution in [2.24, 2.45) is 5.73 Å². The molecule has 154 valence electrons. The van der Waals surface area contributed by atoms with E-state index in [1.54, 1.807) is 30.3 Å². The molecule has 0 spiro atoms. The fraction of sp³-hybridized carbons (Fsp3) is 0.0952. The molecule has 5 nitrogen and oxygen atoms in total. The summed E-state index contributed by atoms with van der Waals surface area (Å²) in [6.07, 6.45) is 1.54. The van der Waals surface area contributed by atoms with Gasteiger partial charge in [-0.25, -0.2) is 13.7 Å². The molecule has 2 heterocycles. The molecule has 2 aromatic carbocycles. The van der Waals surface area contributed by atoms with E-state index < -0.39 is 29.5 Å². The smallest absolute Gasteiger partial charge is 0.266 e. The Morgan fingerprint density at radius 2 is 1.57 bits per heavy atom. The van der Waals surface area contributed by atoms with Crippen molar-refractivity contribution in [3.8, 4) is 0 Å². The van der Waals surface area contributed by atoms with Gasteiger partial charge >= 0.3 is 0 Å². The Morgan fingerprint density at radius 3 is 2.10 bits per heavy atom. The van der Waals surface area contributed by atoms with Crippen LogP contribution in [0.25, 0.3) is 0 Å². The fourth-order valence-corrected chi connectivity index (χ4v) is 3.97. The van der Waals surface area contributed by atoms with Gasteiger partial charge in [0, 0.05) is 10.5 Å². The van der Waals surface area contributed by atoms with Crippen LogP contribution >= 0.6 is 28.3 Å². The normalized spacial score (nSPS) is 13.8. The van der Waals surface area contributed by atoms with E-state index in [2.05, 4.69) is 20.9 Å². The van der Waals surface area contributed by atoms with Crippen LogP contribution in [0, 0.1) is 11.6 Å². The van der Waals surface area contributed by atoms with Crippen LogP contribution in [-0.4, -0.2) is 16.8 Å². The van der Waals surface area contributed by atoms with Crippen molar-refractivity contribution in [1.82, 2.24) is 4.98 Å². The Bertz CT molecular complexity index is 1100. The maximum Gasteiger partial charge on any atom is 0.266 e. The second-order valence-corrected chi connectivity index (χ2v) is 7.49. The predicted molar refractivity (Wildman–Crippen MR) is 114 cm³/mol. The standard InChI is InChI=1S/C21H14BrF2N3O2.ClH/c22-17-9-14(27-20(28)15-3-1-2-4-16(15)21(27)29)10-26-19(17)18(25)7-11-5-12(23)8-13(24)6-11;/h1-6,8-10,18H,7,25H2;1H/t18-;/m0./s1. The molecule has 9 heteroatoms. The van der Waals surface area contributed by atoms with Crippen LogP contribution in [0.15, 0.2) is 59.2 Å². The lowest BCUT2D eigenvalue weighted by molar-refractivity contribution is 0.0926. The van der Waals surface area contributed by atoms with Gasteiger partial charge in [-0.15, -0.1) is 12.4 Å². The molecule has 3 aromatic rings. The average molecular weight is 495 g/mol. The summed E-state index contributed by atoms with van der Waals surface area (Å²) in [7, 11) is 0. The minimum atomic E-state index is -0.680. The minimum absolute atomic E-state index is 0. The number of hydrogen-bond donors (Lipinski definition) is 1. The number of rotatable bonds is 4. The summed E-state index contributed by atoms with van der Waals surface area (Å²) in [6.45, 7) is 0. The molecule has 2 amide bonds. The molecule has 1 atom stereocenters. The van der Waals surface area contributed by atoms with Crippen molar-refractivity contribution in [1.29, 1.82) is 0 Å². The summed E-state index contributed by atoms with van der Waals surface area (Å²) < 4.78 is 27.3. The Balaban J connectivity index is 0.00000256. The van der Waals surface area contributed by atoms with Crippen molar-refractivity contribution in [3.05, 3.63) is 93.2 Å². The molecule has 2 N–H and O–H groups in total. The van der Waals surface area contributed by atoms with Crippen LogP contribution in [-0.2, 0) is 6.42 Å². The summed E-state index contributed by atoms with van der Waals surface area (Å²) >= 11 is 3.37. The van der Waals surface area contributed by atoms with E-state index in [4.69, 9.17) is 5.73 Å². The Morgan fingerprint density at radius 1 is 1.00 bits per heavy atom. The topological polar surface area (TPSA) is 76.3 Å². The maximum atomic E-state index is 13.4. The largest absolute Gasteiger partial charge is 0.322 e. The number of anilines is 1. The van der Waals surface area contributed by atoms with E-state index in [-0.39, 0.29) is 18.8 Å². The minimum Gasteiger partial charge on any atom is -0.322 e. The summed E-state index contributed by atoms with van der Waals surface area (Å²) in [5, 5.41) is 0. The number of carbonyl (C=O) groups is 2. The van der Waals surface area contributed by atoms with E-state index in [1.165, 1.54) is 18.3 Å². The first-order valence-electron chi connectivity index (χ1n) is 8.69. The van der Waals surface area contributed by atoms with Gasteiger partial charge in [-0.3, -0.25) is 14.6 Å². The first kappa shape index (κ1) is 22.0. The van der Waals surface area contributed by atoms with E-state index in [0.717, 1.165) is 11.0 Å². The Kier molecular flexibility index (Phi) is 6.30. The highest BCUT2D eigenvalue weighted by Crippen LogP contribution is 2.32. The number of aromatic nitrogens is 1. The van der Waals surface area contributed by atoms with E-state index in [0.29, 0.717) is 32.5 Å². The Hall–Kier alpha value is -2.68. The lowest BCUT2D eigenvalue weighted by atomic mass is 10.0. The van der Waals surface area contributed by atoms with Gasteiger partial charge < -0.3 is 5.73 Å². The Labute approximate surface area is 185 Å². The number of nitrogens with zero attached hydrogens (tertiary/aromatic N) is 2. The van der Waals surface area contributed by atoms with E-state index >= 15 is 0 Å². The zero-order chi connectivity index (χ0) is 20.7. The summed E-state index contributed by atoms with van der Waals surface area (Å²) in [5.41, 5.74) is 7.98. The van der Waals surface area contributed by atoms with Crippen LogP contribution in [0.4, 0.5) is 14.5 Å². The van der Waals surface area contributed by atoms with Gasteiger partial charge in [0.05, 0.1) is 34.7 Å². The molecule has 30 heavy (non-hydrogen) atoms. The number of amides is 2. The zero-order valence-electron chi connectivity index (χ0n) is 15.3. The first-order valence-corrected chi connectivity index (χ1v) is 9.48. The first-order chi connectivity index (χ1) is 13.8. The zero-order valence-corrected chi connectivity index (χ0v) is 17.7. The molecular formula is C21H15BrClF2N3O2. The molecule has 0 saturated heterocycles. The summed E-state index contributed by atoms with van der Waals surface area (Å²) in [4.78, 5) is 30.6. The van der Waals surface area contributed by atoms with Gasteiger partial charge in [-0.05, 0) is 58.2 Å². The SMILES string of the molecule is Cl.N[C@@H](Cc1cc(F)cc(F)c1)c1ncc(N2C(=O)c3ccccc3C2=O)cc1Br. The lowest BCUT2D eigenvalue weighted by Gasteiger charge is -2.17. The van der Waals surface area contributed by atoms with Crippen LogP contribution < -0.4 is 10.6 Å². The third-order valence-corrected chi connectivity index (χ3v) is 5.27. The third kappa shape index (κ3) is 3.98. The second-order valence-electron chi connectivity index (χ2n) is 6.64. The highest BCUT2D eigenvalue weighted by Gasteiger charge is 2.36. The maximum absolute atomic E-state index is 13.4. The average Bonchev–Trinajstić information content (AvgIpc) is 2.91. The molecule has 0 unspecified atom stereocenters. The van der Waals surface area contributed by atoms with E-state index in [1.807, 2.05) is 0 Å². The van der Waals surface area contributed by atoms with Gasteiger partial charge in [-0.2, -0.15) is 0 Å². The number of imide groups is 1. The molecule has 0 aliphatic carbocycles. The molecule has 1 aliphatic rings. The number of carbonyl (C=O) groups excluding carboxylic acids is 2. The number of hydrogen-bond acceptors (Lipinski definition) is 4. The van der Waals surface area contributed by atoms with Crippen molar-refractivity contribution in [2.45, 2.75) is 12.5 Å². The number of benzene rings is 2. The number of fused-ring (bicyclic) bond motifs is 1. The number of halogens is 4. The van der Waals surface area contributed by atoms with Crippen LogP contribution in [0.3, 0.4) is 0 Å².